The van der Waals surface area contributed by atoms with Crippen LogP contribution in [-0.2, 0) is 9.59 Å². The van der Waals surface area contributed by atoms with Crippen molar-refractivity contribution in [1.82, 2.24) is 4.90 Å². The van der Waals surface area contributed by atoms with Gasteiger partial charge in [0.25, 0.3) is 17.1 Å². The van der Waals surface area contributed by atoms with E-state index in [9.17, 15) is 18.8 Å². The van der Waals surface area contributed by atoms with Gasteiger partial charge in [0.05, 0.1) is 4.91 Å². The molecular formula is C25H25FN2O4S. The summed E-state index contributed by atoms with van der Waals surface area (Å²) in [5, 5.41) is 2.39. The number of nitrogens with one attached hydrogen (secondary N) is 1. The van der Waals surface area contributed by atoms with E-state index in [2.05, 4.69) is 5.32 Å². The van der Waals surface area contributed by atoms with Gasteiger partial charge in [0.2, 0.25) is 0 Å². The number of carbonyl (C=O) groups is 3. The molecule has 0 radical (unpaired) electrons. The van der Waals surface area contributed by atoms with E-state index in [1.165, 1.54) is 35.6 Å². The van der Waals surface area contributed by atoms with Crippen LogP contribution in [0.3, 0.4) is 0 Å². The van der Waals surface area contributed by atoms with Gasteiger partial charge in [-0.3, -0.25) is 19.3 Å². The minimum atomic E-state index is -0.399. The molecular weight excluding hydrogens is 443 g/mol. The third-order valence-electron chi connectivity index (χ3n) is 5.73. The van der Waals surface area contributed by atoms with Gasteiger partial charge in [0.1, 0.15) is 11.6 Å². The molecule has 6 nitrogen and oxygen atoms in total. The first kappa shape index (κ1) is 23.0. The van der Waals surface area contributed by atoms with Crippen molar-refractivity contribution in [2.75, 3.05) is 18.5 Å². The van der Waals surface area contributed by atoms with Crippen LogP contribution in [0.15, 0.2) is 53.4 Å². The number of rotatable bonds is 7. The first-order valence-corrected chi connectivity index (χ1v) is 11.8. The summed E-state index contributed by atoms with van der Waals surface area (Å²) in [6, 6.07) is 12.5. The summed E-state index contributed by atoms with van der Waals surface area (Å²) in [5.74, 6) is -0.266. The van der Waals surface area contributed by atoms with E-state index in [-0.39, 0.29) is 23.6 Å². The van der Waals surface area contributed by atoms with Gasteiger partial charge in [-0.2, -0.15) is 0 Å². The normalized spacial score (nSPS) is 18.1. The predicted molar refractivity (Wildman–Crippen MR) is 126 cm³/mol. The van der Waals surface area contributed by atoms with Crippen molar-refractivity contribution in [2.45, 2.75) is 32.1 Å². The van der Waals surface area contributed by atoms with E-state index in [1.807, 2.05) is 0 Å². The number of amides is 3. The van der Waals surface area contributed by atoms with Crippen molar-refractivity contribution in [1.29, 1.82) is 0 Å². The van der Waals surface area contributed by atoms with Gasteiger partial charge >= 0.3 is 0 Å². The Morgan fingerprint density at radius 3 is 2.58 bits per heavy atom. The minimum Gasteiger partial charge on any atom is -0.483 e. The van der Waals surface area contributed by atoms with Crippen molar-refractivity contribution >= 4 is 40.6 Å². The molecule has 4 rings (SSSR count). The summed E-state index contributed by atoms with van der Waals surface area (Å²) >= 11 is 0.934. The second-order valence-electron chi connectivity index (χ2n) is 8.18. The molecule has 1 saturated heterocycles. The second-order valence-corrected chi connectivity index (χ2v) is 9.17. The number of anilines is 1. The summed E-state index contributed by atoms with van der Waals surface area (Å²) in [4.78, 5) is 39.3. The summed E-state index contributed by atoms with van der Waals surface area (Å²) in [7, 11) is 0. The Bertz CT molecular complexity index is 1060. The lowest BCUT2D eigenvalue weighted by molar-refractivity contribution is -0.123. The van der Waals surface area contributed by atoms with E-state index in [1.54, 1.807) is 30.3 Å². The number of halogens is 1. The lowest BCUT2D eigenvalue weighted by atomic mass is 9.89. The number of thioether (sulfide) groups is 1. The van der Waals surface area contributed by atoms with Crippen molar-refractivity contribution < 1.29 is 23.5 Å². The van der Waals surface area contributed by atoms with Crippen LogP contribution in [0, 0.1) is 11.7 Å². The van der Waals surface area contributed by atoms with E-state index >= 15 is 0 Å². The number of imide groups is 1. The smallest absolute Gasteiger partial charge is 0.293 e. The summed E-state index contributed by atoms with van der Waals surface area (Å²) < 4.78 is 18.7. The Morgan fingerprint density at radius 1 is 1.09 bits per heavy atom. The van der Waals surface area contributed by atoms with Gasteiger partial charge in [-0.05, 0) is 66.9 Å². The monoisotopic (exact) mass is 468 g/mol. The van der Waals surface area contributed by atoms with Crippen LogP contribution in [0.2, 0.25) is 0 Å². The summed E-state index contributed by atoms with van der Waals surface area (Å²) in [6.07, 6.45) is 7.26. The zero-order valence-electron chi connectivity index (χ0n) is 18.1. The molecule has 1 aliphatic heterocycles. The van der Waals surface area contributed by atoms with Gasteiger partial charge in [0.15, 0.2) is 6.61 Å². The highest BCUT2D eigenvalue weighted by Gasteiger charge is 2.36. The maximum absolute atomic E-state index is 13.0. The first-order chi connectivity index (χ1) is 16.0. The van der Waals surface area contributed by atoms with Crippen molar-refractivity contribution in [3.8, 4) is 5.75 Å². The third kappa shape index (κ3) is 6.01. The molecule has 2 aromatic carbocycles. The maximum atomic E-state index is 13.0. The average Bonchev–Trinajstić information content (AvgIpc) is 3.08. The Kier molecular flexibility index (Phi) is 7.44. The molecule has 2 aliphatic rings. The highest BCUT2D eigenvalue weighted by atomic mass is 32.2. The lowest BCUT2D eigenvalue weighted by Gasteiger charge is -2.25. The number of para-hydroxylation sites is 1. The number of benzene rings is 2. The van der Waals surface area contributed by atoms with Crippen LogP contribution in [-0.4, -0.2) is 35.1 Å². The van der Waals surface area contributed by atoms with E-state index < -0.39 is 5.91 Å². The highest BCUT2D eigenvalue weighted by molar-refractivity contribution is 8.18. The zero-order chi connectivity index (χ0) is 23.2. The van der Waals surface area contributed by atoms with Gasteiger partial charge in [-0.1, -0.05) is 37.5 Å². The van der Waals surface area contributed by atoms with E-state index in [4.69, 9.17) is 4.74 Å². The average molecular weight is 469 g/mol. The van der Waals surface area contributed by atoms with Crippen molar-refractivity contribution in [3.05, 3.63) is 64.8 Å². The van der Waals surface area contributed by atoms with Gasteiger partial charge in [-0.25, -0.2) is 4.39 Å². The molecule has 0 unspecified atom stereocenters. The first-order valence-electron chi connectivity index (χ1n) is 11.0. The number of nitrogens with zero attached hydrogens (tertiary/aromatic N) is 1. The molecule has 1 N–H and O–H groups in total. The standard InChI is InChI=1S/C25H25FN2O4S/c26-19-10-12-20(13-11-19)27-23(29)16-32-21-9-5-4-8-18(21)14-22-24(30)28(25(31)33-22)15-17-6-2-1-3-7-17/h4-5,8-14,17H,1-3,6-7,15-16H2,(H,27,29)/b22-14+. The summed E-state index contributed by atoms with van der Waals surface area (Å²) in [6.45, 7) is 0.217. The number of ether oxygens (including phenoxy) is 1. The molecule has 0 atom stereocenters. The SMILES string of the molecule is O=C(COc1ccccc1/C=C1/SC(=O)N(CC2CCCCC2)C1=O)Nc1ccc(F)cc1. The van der Waals surface area contributed by atoms with Crippen LogP contribution in [0.1, 0.15) is 37.7 Å². The van der Waals surface area contributed by atoms with Crippen molar-refractivity contribution in [2.24, 2.45) is 5.92 Å². The van der Waals surface area contributed by atoms with E-state index in [0.29, 0.717) is 34.4 Å². The molecule has 0 spiro atoms. The van der Waals surface area contributed by atoms with Crippen LogP contribution in [0.25, 0.3) is 6.08 Å². The quantitative estimate of drug-likeness (QED) is 0.546. The Balaban J connectivity index is 1.40. The minimum absolute atomic E-state index is 0.242. The van der Waals surface area contributed by atoms with Crippen LogP contribution < -0.4 is 10.1 Å². The highest BCUT2D eigenvalue weighted by Crippen LogP contribution is 2.36. The molecule has 0 bridgehead atoms. The molecule has 3 amide bonds. The molecule has 33 heavy (non-hydrogen) atoms. The van der Waals surface area contributed by atoms with Gasteiger partial charge in [0, 0.05) is 17.8 Å². The summed E-state index contributed by atoms with van der Waals surface area (Å²) in [5.41, 5.74) is 1.07. The molecule has 1 saturated carbocycles. The van der Waals surface area contributed by atoms with Crippen molar-refractivity contribution in [3.63, 3.8) is 0 Å². The van der Waals surface area contributed by atoms with Crippen LogP contribution in [0.5, 0.6) is 5.75 Å². The fourth-order valence-electron chi connectivity index (χ4n) is 4.03. The lowest BCUT2D eigenvalue weighted by Crippen LogP contribution is -2.34. The third-order valence-corrected chi connectivity index (χ3v) is 6.64. The van der Waals surface area contributed by atoms with Crippen LogP contribution in [0.4, 0.5) is 14.9 Å². The van der Waals surface area contributed by atoms with Gasteiger partial charge < -0.3 is 10.1 Å². The number of hydrogen-bond donors (Lipinski definition) is 1. The number of carbonyl (C=O) groups excluding carboxylic acids is 3. The molecule has 1 aliphatic carbocycles. The fraction of sp³-hybridized carbons (Fsp3) is 0.320. The van der Waals surface area contributed by atoms with E-state index in [0.717, 1.165) is 37.4 Å². The molecule has 8 heteroatoms. The second kappa shape index (κ2) is 10.7. The Labute approximate surface area is 196 Å². The van der Waals surface area contributed by atoms with Gasteiger partial charge in [-0.15, -0.1) is 0 Å². The number of hydrogen-bond acceptors (Lipinski definition) is 5. The Morgan fingerprint density at radius 2 is 1.82 bits per heavy atom. The molecule has 2 fully saturated rings. The predicted octanol–water partition coefficient (Wildman–Crippen LogP) is 5.46. The molecule has 2 aromatic rings. The molecule has 0 aromatic heterocycles. The molecule has 1 heterocycles. The zero-order valence-corrected chi connectivity index (χ0v) is 18.9. The largest absolute Gasteiger partial charge is 0.483 e. The maximum Gasteiger partial charge on any atom is 0.293 e. The Hall–Kier alpha value is -3.13. The fourth-order valence-corrected chi connectivity index (χ4v) is 4.87. The molecule has 172 valence electrons. The topological polar surface area (TPSA) is 75.7 Å². The van der Waals surface area contributed by atoms with Crippen LogP contribution >= 0.6 is 11.8 Å².